The van der Waals surface area contributed by atoms with Crippen LogP contribution < -0.4 is 0 Å². The number of H-pyrrole nitrogens is 1. The molecule has 148 valence electrons. The number of hydrogen-bond donors (Lipinski definition) is 1. The second-order valence-electron chi connectivity index (χ2n) is 8.65. The lowest BCUT2D eigenvalue weighted by molar-refractivity contribution is 1.18. The largest absolute Gasteiger partial charge is 0.354 e. The summed E-state index contributed by atoms with van der Waals surface area (Å²) < 4.78 is 2.41. The highest BCUT2D eigenvalue weighted by Gasteiger charge is 2.21. The summed E-state index contributed by atoms with van der Waals surface area (Å²) in [5.41, 5.74) is 6.14. The van der Waals surface area contributed by atoms with Crippen molar-refractivity contribution < 1.29 is 0 Å². The van der Waals surface area contributed by atoms with Crippen LogP contribution in [0, 0.1) is 0 Å². The van der Waals surface area contributed by atoms with Crippen molar-refractivity contribution in [3.05, 3.63) is 103 Å². The third kappa shape index (κ3) is 1.86. The van der Waals surface area contributed by atoms with E-state index in [2.05, 4.69) is 113 Å². The van der Waals surface area contributed by atoms with Gasteiger partial charge < -0.3 is 9.55 Å². The molecule has 0 aliphatic heterocycles. The molecule has 2 heteroatoms. The lowest BCUT2D eigenvalue weighted by Gasteiger charge is -2.09. The smallest absolute Gasteiger partial charge is 0.0551 e. The second-order valence-corrected chi connectivity index (χ2v) is 8.65. The Morgan fingerprint density at radius 2 is 1.06 bits per heavy atom. The van der Waals surface area contributed by atoms with Crippen molar-refractivity contribution in [2.45, 2.75) is 0 Å². The van der Waals surface area contributed by atoms with Crippen molar-refractivity contribution in [1.82, 2.24) is 9.55 Å². The first-order valence-corrected chi connectivity index (χ1v) is 11.1. The Kier molecular flexibility index (Phi) is 2.91. The summed E-state index contributed by atoms with van der Waals surface area (Å²) in [6.07, 6.45) is 0. The first-order chi connectivity index (χ1) is 15.9. The van der Waals surface area contributed by atoms with Crippen LogP contribution in [0.4, 0.5) is 0 Å². The SMILES string of the molecule is c1ccc(-n2c3cccc4c5ccc6c7ccccc7[nH]c6c5c5cccc2c5c43)cc1. The summed E-state index contributed by atoms with van der Waals surface area (Å²) in [6.45, 7) is 0. The molecule has 6 aromatic carbocycles. The van der Waals surface area contributed by atoms with E-state index in [-0.39, 0.29) is 0 Å². The summed E-state index contributed by atoms with van der Waals surface area (Å²) in [7, 11) is 0. The fourth-order valence-electron chi connectivity index (χ4n) is 5.82. The van der Waals surface area contributed by atoms with E-state index in [9.17, 15) is 0 Å². The number of fused-ring (bicyclic) bond motifs is 7. The summed E-state index contributed by atoms with van der Waals surface area (Å²) in [5.74, 6) is 0. The Morgan fingerprint density at radius 3 is 1.91 bits per heavy atom. The van der Waals surface area contributed by atoms with Crippen molar-refractivity contribution in [3.63, 3.8) is 0 Å². The van der Waals surface area contributed by atoms with Crippen LogP contribution in [-0.4, -0.2) is 9.55 Å². The number of nitrogens with one attached hydrogen (secondary N) is 1. The maximum atomic E-state index is 3.74. The summed E-state index contributed by atoms with van der Waals surface area (Å²) >= 11 is 0. The van der Waals surface area contributed by atoms with Gasteiger partial charge in [-0.25, -0.2) is 0 Å². The molecule has 8 rings (SSSR count). The van der Waals surface area contributed by atoms with Crippen LogP contribution in [0.2, 0.25) is 0 Å². The van der Waals surface area contributed by atoms with Crippen molar-refractivity contribution >= 4 is 65.2 Å². The number of rotatable bonds is 1. The van der Waals surface area contributed by atoms with Crippen LogP contribution in [0.25, 0.3) is 70.8 Å². The van der Waals surface area contributed by atoms with E-state index < -0.39 is 0 Å². The molecular weight excluding hydrogens is 388 g/mol. The Balaban J connectivity index is 1.70. The average Bonchev–Trinajstić information content (AvgIpc) is 3.40. The minimum atomic E-state index is 1.19. The minimum absolute atomic E-state index is 1.19. The molecule has 2 heterocycles. The average molecular weight is 406 g/mol. The maximum absolute atomic E-state index is 3.74. The van der Waals surface area contributed by atoms with E-state index in [1.54, 1.807) is 0 Å². The number of aromatic nitrogens is 2. The molecule has 0 unspecified atom stereocenters. The van der Waals surface area contributed by atoms with E-state index in [4.69, 9.17) is 0 Å². The third-order valence-corrected chi connectivity index (χ3v) is 7.07. The topological polar surface area (TPSA) is 20.7 Å². The fraction of sp³-hybridized carbons (Fsp3) is 0. The Bertz CT molecular complexity index is 1970. The molecule has 2 aromatic heterocycles. The Morgan fingerprint density at radius 1 is 0.438 bits per heavy atom. The van der Waals surface area contributed by atoms with Gasteiger partial charge in [0.05, 0.1) is 16.6 Å². The van der Waals surface area contributed by atoms with Crippen molar-refractivity contribution in [2.75, 3.05) is 0 Å². The van der Waals surface area contributed by atoms with Crippen LogP contribution >= 0.6 is 0 Å². The Labute approximate surface area is 183 Å². The number of aromatic amines is 1. The molecule has 0 aliphatic rings. The molecule has 0 bridgehead atoms. The lowest BCUT2D eigenvalue weighted by Crippen LogP contribution is -1.92. The highest BCUT2D eigenvalue weighted by atomic mass is 15.0. The monoisotopic (exact) mass is 406 g/mol. The molecule has 0 spiro atoms. The van der Waals surface area contributed by atoms with Crippen molar-refractivity contribution in [1.29, 1.82) is 0 Å². The van der Waals surface area contributed by atoms with Gasteiger partial charge in [-0.1, -0.05) is 72.8 Å². The molecule has 32 heavy (non-hydrogen) atoms. The number of benzene rings is 6. The molecular formula is C30H18N2. The van der Waals surface area contributed by atoms with Gasteiger partial charge in [-0.15, -0.1) is 0 Å². The summed E-state index contributed by atoms with van der Waals surface area (Å²) in [6, 6.07) is 37.4. The second kappa shape index (κ2) is 5.68. The molecule has 0 atom stereocenters. The predicted molar refractivity (Wildman–Crippen MR) is 136 cm³/mol. The van der Waals surface area contributed by atoms with Crippen molar-refractivity contribution in [3.8, 4) is 5.69 Å². The van der Waals surface area contributed by atoms with Gasteiger partial charge in [0.1, 0.15) is 0 Å². The van der Waals surface area contributed by atoms with E-state index in [0.29, 0.717) is 0 Å². The molecule has 0 amide bonds. The summed E-state index contributed by atoms with van der Waals surface area (Å²) in [5, 5.41) is 10.5. The fourth-order valence-corrected chi connectivity index (χ4v) is 5.82. The van der Waals surface area contributed by atoms with Gasteiger partial charge in [-0.3, -0.25) is 0 Å². The molecule has 1 N–H and O–H groups in total. The van der Waals surface area contributed by atoms with Gasteiger partial charge in [0, 0.05) is 38.1 Å². The van der Waals surface area contributed by atoms with Crippen LogP contribution in [0.5, 0.6) is 0 Å². The quantitative estimate of drug-likeness (QED) is 0.265. The van der Waals surface area contributed by atoms with Gasteiger partial charge in [-0.05, 0) is 46.5 Å². The molecule has 0 saturated carbocycles. The minimum Gasteiger partial charge on any atom is -0.354 e. The Hall–Kier alpha value is -4.30. The summed E-state index contributed by atoms with van der Waals surface area (Å²) in [4.78, 5) is 3.74. The van der Waals surface area contributed by atoms with E-state index >= 15 is 0 Å². The highest BCUT2D eigenvalue weighted by Crippen LogP contribution is 2.45. The standard InChI is InChI=1S/C30H18N2/c1-2-8-18(9-3-1)32-25-14-6-11-20-21-16-17-22-19-10-4-5-13-24(19)31-30(22)27(21)23-12-7-15-26(32)29(23)28(20)25/h1-17,31H. The number of nitrogens with zero attached hydrogens (tertiary/aromatic N) is 1. The zero-order valence-corrected chi connectivity index (χ0v) is 17.3. The molecule has 0 radical (unpaired) electrons. The third-order valence-electron chi connectivity index (χ3n) is 7.07. The number of para-hydroxylation sites is 2. The zero-order chi connectivity index (χ0) is 20.8. The van der Waals surface area contributed by atoms with Gasteiger partial charge in [0.15, 0.2) is 0 Å². The van der Waals surface area contributed by atoms with Gasteiger partial charge in [-0.2, -0.15) is 0 Å². The van der Waals surface area contributed by atoms with Crippen LogP contribution in [0.15, 0.2) is 103 Å². The first kappa shape index (κ1) is 16.4. The molecule has 0 saturated heterocycles. The van der Waals surface area contributed by atoms with Crippen LogP contribution in [0.1, 0.15) is 0 Å². The molecule has 0 aliphatic carbocycles. The molecule has 8 aromatic rings. The van der Waals surface area contributed by atoms with Crippen molar-refractivity contribution in [2.24, 2.45) is 0 Å². The predicted octanol–water partition coefficient (Wildman–Crippen LogP) is 8.16. The van der Waals surface area contributed by atoms with Crippen LogP contribution in [0.3, 0.4) is 0 Å². The van der Waals surface area contributed by atoms with Gasteiger partial charge >= 0.3 is 0 Å². The lowest BCUT2D eigenvalue weighted by atomic mass is 9.93. The highest BCUT2D eigenvalue weighted by molar-refractivity contribution is 6.38. The van der Waals surface area contributed by atoms with E-state index in [1.165, 1.54) is 70.8 Å². The molecule has 0 fully saturated rings. The zero-order valence-electron chi connectivity index (χ0n) is 17.3. The van der Waals surface area contributed by atoms with E-state index in [0.717, 1.165) is 0 Å². The molecule has 2 nitrogen and oxygen atoms in total. The first-order valence-electron chi connectivity index (χ1n) is 11.1. The maximum Gasteiger partial charge on any atom is 0.0551 e. The van der Waals surface area contributed by atoms with E-state index in [1.807, 2.05) is 0 Å². The van der Waals surface area contributed by atoms with Gasteiger partial charge in [0.2, 0.25) is 0 Å². The van der Waals surface area contributed by atoms with Crippen LogP contribution in [-0.2, 0) is 0 Å². The number of hydrogen-bond acceptors (Lipinski definition) is 0. The normalized spacial score (nSPS) is 12.4. The van der Waals surface area contributed by atoms with Gasteiger partial charge in [0.25, 0.3) is 0 Å².